The van der Waals surface area contributed by atoms with Gasteiger partial charge in [0, 0.05) is 66.1 Å². The fraction of sp³-hybridized carbons (Fsp3) is 0.409. The minimum Gasteiger partial charge on any atom is -0.380 e. The summed E-state index contributed by atoms with van der Waals surface area (Å²) in [5, 5.41) is 3.81. The summed E-state index contributed by atoms with van der Waals surface area (Å²) in [6, 6.07) is 19.3. The van der Waals surface area contributed by atoms with Crippen LogP contribution in [0.15, 0.2) is 111 Å². The molecule has 1 aromatic heterocycles. The summed E-state index contributed by atoms with van der Waals surface area (Å²) >= 11 is 7.65. The quantitative estimate of drug-likeness (QED) is 0.0831. The first-order chi connectivity index (χ1) is 30.0. The lowest BCUT2D eigenvalue weighted by Gasteiger charge is -2.42. The molecule has 3 atom stereocenters. The number of hydrogen-bond donors (Lipinski definition) is 2. The van der Waals surface area contributed by atoms with E-state index in [9.17, 15) is 30.0 Å². The molecule has 2 aliphatic heterocycles. The second kappa shape index (κ2) is 20.0. The molecule has 11 nitrogen and oxygen atoms in total. The number of piperidine rings is 1. The number of likely N-dealkylation sites (tertiary alicyclic amines) is 1. The van der Waals surface area contributed by atoms with Crippen LogP contribution in [0.25, 0.3) is 5.57 Å². The first kappa shape index (κ1) is 46.9. The number of nitrogens with zero attached hydrogens (tertiary/aromatic N) is 5. The Balaban J connectivity index is 1.05. The van der Waals surface area contributed by atoms with E-state index in [1.807, 2.05) is 72.4 Å². The highest BCUT2D eigenvalue weighted by Gasteiger charge is 2.48. The molecular weight excluding hydrogens is 898 g/mol. The maximum Gasteiger partial charge on any atom is 0.501 e. The zero-order valence-electron chi connectivity index (χ0n) is 34.9. The third kappa shape index (κ3) is 11.4. The number of fused-ring (bicyclic) bond motifs is 1. The molecule has 0 saturated carbocycles. The number of sulfone groups is 1. The number of aromatic nitrogens is 2. The zero-order chi connectivity index (χ0) is 44.9. The Morgan fingerprint density at radius 2 is 1.71 bits per heavy atom. The van der Waals surface area contributed by atoms with E-state index in [2.05, 4.69) is 43.1 Å². The normalized spacial score (nSPS) is 19.6. The van der Waals surface area contributed by atoms with Crippen LogP contribution < -0.4 is 10.0 Å². The minimum absolute atomic E-state index is 0.0834. The molecule has 3 aromatic carbocycles. The summed E-state index contributed by atoms with van der Waals surface area (Å²) in [7, 11) is -7.01. The molecule has 0 radical (unpaired) electrons. The number of rotatable bonds is 16. The van der Waals surface area contributed by atoms with Crippen molar-refractivity contribution >= 4 is 60.3 Å². The average Bonchev–Trinajstić information content (AvgIpc) is 3.25. The van der Waals surface area contributed by atoms with E-state index in [0.29, 0.717) is 62.1 Å². The third-order valence-electron chi connectivity index (χ3n) is 11.5. The molecule has 1 saturated heterocycles. The number of sulfonamides is 1. The number of nitrogens with one attached hydrogen (secondary N) is 2. The lowest BCUT2D eigenvalue weighted by atomic mass is 9.92. The van der Waals surface area contributed by atoms with Crippen LogP contribution in [0.1, 0.15) is 48.1 Å². The molecule has 4 aromatic rings. The molecule has 1 fully saturated rings. The van der Waals surface area contributed by atoms with Crippen molar-refractivity contribution in [3.8, 4) is 0 Å². The van der Waals surface area contributed by atoms with E-state index in [1.165, 1.54) is 23.7 Å². The van der Waals surface area contributed by atoms with Crippen molar-refractivity contribution in [3.63, 3.8) is 0 Å². The van der Waals surface area contributed by atoms with Crippen LogP contribution in [0.5, 0.6) is 0 Å². The fourth-order valence-corrected chi connectivity index (χ4v) is 11.4. The molecule has 7 rings (SSSR count). The predicted molar refractivity (Wildman–Crippen MR) is 241 cm³/mol. The van der Waals surface area contributed by atoms with Crippen LogP contribution in [0, 0.1) is 0 Å². The highest BCUT2D eigenvalue weighted by atomic mass is 35.5. The second-order valence-electron chi connectivity index (χ2n) is 16.2. The lowest BCUT2D eigenvalue weighted by molar-refractivity contribution is -0.0435. The first-order valence-electron chi connectivity index (χ1n) is 20.6. The van der Waals surface area contributed by atoms with Crippen LogP contribution in [0.4, 0.5) is 29.1 Å². The van der Waals surface area contributed by atoms with Gasteiger partial charge in [0.1, 0.15) is 23.2 Å². The van der Waals surface area contributed by atoms with Gasteiger partial charge in [0.05, 0.1) is 16.3 Å². The van der Waals surface area contributed by atoms with Crippen LogP contribution in [-0.4, -0.2) is 111 Å². The van der Waals surface area contributed by atoms with Crippen molar-refractivity contribution in [2.24, 2.45) is 0 Å². The van der Waals surface area contributed by atoms with Crippen molar-refractivity contribution in [2.45, 2.75) is 83.6 Å². The first-order valence-corrected chi connectivity index (χ1v) is 25.0. The Labute approximate surface area is 376 Å². The molecular formula is C44H50ClF4N7O4S3. The van der Waals surface area contributed by atoms with Gasteiger partial charge in [0.15, 0.2) is 0 Å². The van der Waals surface area contributed by atoms with Crippen molar-refractivity contribution < 1.29 is 34.4 Å². The molecule has 0 spiro atoms. The Morgan fingerprint density at radius 1 is 0.952 bits per heavy atom. The molecule has 338 valence electrons. The fourth-order valence-electron chi connectivity index (χ4n) is 8.17. The Bertz CT molecular complexity index is 2550. The number of alkyl halides is 4. The Kier molecular flexibility index (Phi) is 14.9. The molecule has 0 bridgehead atoms. The molecule has 2 N–H and O–H groups in total. The molecule has 63 heavy (non-hydrogen) atoms. The van der Waals surface area contributed by atoms with Gasteiger partial charge in [-0.2, -0.15) is 13.2 Å². The highest BCUT2D eigenvalue weighted by molar-refractivity contribution is 7.99. The van der Waals surface area contributed by atoms with Gasteiger partial charge in [-0.3, -0.25) is 14.5 Å². The molecule has 19 heteroatoms. The average molecular weight is 949 g/mol. The van der Waals surface area contributed by atoms with Crippen LogP contribution in [0.3, 0.4) is 0 Å². The molecule has 1 aliphatic carbocycles. The van der Waals surface area contributed by atoms with Gasteiger partial charge in [-0.05, 0) is 106 Å². The third-order valence-corrected chi connectivity index (χ3v) is 15.9. The van der Waals surface area contributed by atoms with Crippen LogP contribution in [0.2, 0.25) is 0 Å². The van der Waals surface area contributed by atoms with Crippen molar-refractivity contribution in [1.82, 2.24) is 24.7 Å². The Morgan fingerprint density at radius 3 is 2.43 bits per heavy atom. The number of hydrogen-bond acceptors (Lipinski definition) is 11. The summed E-state index contributed by atoms with van der Waals surface area (Å²) in [4.78, 5) is 13.6. The van der Waals surface area contributed by atoms with E-state index in [4.69, 9.17) is 11.6 Å². The van der Waals surface area contributed by atoms with Gasteiger partial charge in [-0.25, -0.2) is 31.2 Å². The molecule has 3 unspecified atom stereocenters. The van der Waals surface area contributed by atoms with Crippen LogP contribution >= 0.6 is 23.4 Å². The SMILES string of the molecule is CN(C)CCC(CSc1ccccc1)Nc1ccc(S(=O)(=O)Nc2ncnc3c2CCN(C2CCN(Cc4ccccc4C4=CC=C(Cl)CC4)CC2F)C3)cc1S(=O)(=O)C(F)(F)F. The van der Waals surface area contributed by atoms with E-state index < -0.39 is 53.4 Å². The van der Waals surface area contributed by atoms with E-state index in [1.54, 1.807) is 0 Å². The summed E-state index contributed by atoms with van der Waals surface area (Å²) in [6.45, 7) is 2.68. The minimum atomic E-state index is -6.02. The maximum absolute atomic E-state index is 16.1. The van der Waals surface area contributed by atoms with Gasteiger partial charge in [0.25, 0.3) is 19.9 Å². The molecule has 0 amide bonds. The van der Waals surface area contributed by atoms with E-state index >= 15 is 4.39 Å². The Hall–Kier alpha value is -4.04. The molecule has 3 heterocycles. The number of allylic oxidation sites excluding steroid dienone is 4. The zero-order valence-corrected chi connectivity index (χ0v) is 38.1. The van der Waals surface area contributed by atoms with Crippen molar-refractivity contribution in [3.05, 3.63) is 119 Å². The van der Waals surface area contributed by atoms with Gasteiger partial charge < -0.3 is 10.2 Å². The van der Waals surface area contributed by atoms with Gasteiger partial charge in [0.2, 0.25) is 0 Å². The number of thioether (sulfide) groups is 1. The smallest absolute Gasteiger partial charge is 0.380 e. The lowest BCUT2D eigenvalue weighted by Crippen LogP contribution is -2.53. The maximum atomic E-state index is 16.1. The van der Waals surface area contributed by atoms with Crippen molar-refractivity contribution in [1.29, 1.82) is 0 Å². The predicted octanol–water partition coefficient (Wildman–Crippen LogP) is 8.37. The van der Waals surface area contributed by atoms with Crippen LogP contribution in [-0.2, 0) is 39.4 Å². The summed E-state index contributed by atoms with van der Waals surface area (Å²) in [6.07, 6.45) is 6.92. The summed E-state index contributed by atoms with van der Waals surface area (Å²) in [5.74, 6) is 0.301. The van der Waals surface area contributed by atoms with Crippen molar-refractivity contribution in [2.75, 3.05) is 56.1 Å². The van der Waals surface area contributed by atoms with Gasteiger partial charge in [-0.1, -0.05) is 60.1 Å². The monoisotopic (exact) mass is 947 g/mol. The number of anilines is 2. The molecule has 3 aliphatic rings. The van der Waals surface area contributed by atoms with Gasteiger partial charge in [-0.15, -0.1) is 11.8 Å². The largest absolute Gasteiger partial charge is 0.501 e. The van der Waals surface area contributed by atoms with E-state index in [-0.39, 0.29) is 31.0 Å². The summed E-state index contributed by atoms with van der Waals surface area (Å²) in [5.41, 5.74) is -1.65. The highest BCUT2D eigenvalue weighted by Crippen LogP contribution is 2.38. The van der Waals surface area contributed by atoms with Gasteiger partial charge >= 0.3 is 5.51 Å². The number of benzene rings is 3. The van der Waals surface area contributed by atoms with E-state index in [0.717, 1.165) is 46.0 Å². The standard InChI is InChI=1S/C44H50ClF4N7O4S3/c1-54(2)21-18-33(28-61-34-9-4-3-5-10-34)52-39-17-16-35(24-42(39)62(57,58)44(47,48)49)63(59,60)53-43-37-19-23-56(27-40(37)50-29-51-43)41-20-22-55(26-38(41)46)25-31-8-6-7-11-36(31)30-12-14-32(45)15-13-30/h3-12,14,16-17,24,29,33,38,41,52H,13,15,18-23,25-28H2,1-2H3,(H,50,51,53). The topological polar surface area (TPSA) is 128 Å². The second-order valence-corrected chi connectivity index (χ2v) is 21.4. The summed E-state index contributed by atoms with van der Waals surface area (Å²) < 4.78 is 115. The number of halogens is 5.